The first-order chi connectivity index (χ1) is 14.3. The summed E-state index contributed by atoms with van der Waals surface area (Å²) >= 11 is 0. The molecule has 2 aromatic rings. The number of aromatic nitrogens is 1. The number of aryl methyl sites for hydroxylation is 1. The molecule has 30 heavy (non-hydrogen) atoms. The molecule has 2 aliphatic rings. The maximum Gasteiger partial charge on any atom is 0.267 e. The molecular weight excluding hydrogens is 383 g/mol. The monoisotopic (exact) mass is 414 g/mol. The fourth-order valence-electron chi connectivity index (χ4n) is 5.12. The third kappa shape index (κ3) is 4.08. The molecule has 7 heteroatoms. The molecule has 1 aromatic carbocycles. The van der Waals surface area contributed by atoms with Crippen molar-refractivity contribution in [1.82, 2.24) is 20.1 Å². The molecule has 0 bridgehead atoms. The van der Waals surface area contributed by atoms with Crippen LogP contribution < -0.4 is 5.32 Å². The van der Waals surface area contributed by atoms with E-state index in [1.807, 2.05) is 11.8 Å². The number of fused-ring (bicyclic) bond motifs is 1. The number of amides is 2. The number of aromatic amines is 1. The van der Waals surface area contributed by atoms with Gasteiger partial charge in [-0.25, -0.2) is 4.39 Å². The third-order valence-electron chi connectivity index (χ3n) is 6.76. The average molecular weight is 415 g/mol. The van der Waals surface area contributed by atoms with E-state index in [0.29, 0.717) is 22.6 Å². The van der Waals surface area contributed by atoms with Crippen molar-refractivity contribution in [2.75, 3.05) is 19.6 Å². The number of piperazine rings is 1. The van der Waals surface area contributed by atoms with Gasteiger partial charge < -0.3 is 15.2 Å². The molecule has 1 saturated carbocycles. The van der Waals surface area contributed by atoms with Crippen LogP contribution in [0.25, 0.3) is 10.9 Å². The standard InChI is InChI=1S/C23H31FN4O2/c1-14-7-8-20(24)19-12-21(26-22(14)19)23(30)25-17-5-4-6-18(11-17)27-9-10-28(16(3)29)15(2)13-27/h7-8,12,15,17-18,26H,4-6,9-11,13H2,1-3H3,(H,25,30)/t15?,17-,18-/m1/s1. The van der Waals surface area contributed by atoms with Gasteiger partial charge in [0.15, 0.2) is 0 Å². The van der Waals surface area contributed by atoms with E-state index in [1.54, 1.807) is 19.1 Å². The molecule has 1 aliphatic heterocycles. The van der Waals surface area contributed by atoms with Crippen molar-refractivity contribution >= 4 is 22.7 Å². The number of nitrogens with one attached hydrogen (secondary N) is 2. The molecule has 2 heterocycles. The van der Waals surface area contributed by atoms with Crippen LogP contribution in [0.2, 0.25) is 0 Å². The van der Waals surface area contributed by atoms with E-state index < -0.39 is 0 Å². The highest BCUT2D eigenvalue weighted by Crippen LogP contribution is 2.27. The van der Waals surface area contributed by atoms with Crippen LogP contribution in [-0.2, 0) is 4.79 Å². The third-order valence-corrected chi connectivity index (χ3v) is 6.76. The lowest BCUT2D eigenvalue weighted by molar-refractivity contribution is -0.133. The van der Waals surface area contributed by atoms with E-state index in [-0.39, 0.29) is 29.7 Å². The van der Waals surface area contributed by atoms with Crippen LogP contribution in [0.15, 0.2) is 18.2 Å². The average Bonchev–Trinajstić information content (AvgIpc) is 3.18. The molecule has 162 valence electrons. The molecule has 2 N–H and O–H groups in total. The summed E-state index contributed by atoms with van der Waals surface area (Å²) in [4.78, 5) is 32.1. The largest absolute Gasteiger partial charge is 0.350 e. The van der Waals surface area contributed by atoms with Crippen LogP contribution in [0.4, 0.5) is 4.39 Å². The summed E-state index contributed by atoms with van der Waals surface area (Å²) in [6.45, 7) is 8.17. The molecule has 4 rings (SSSR count). The summed E-state index contributed by atoms with van der Waals surface area (Å²) in [5, 5.41) is 3.62. The number of rotatable bonds is 3. The Balaban J connectivity index is 1.40. The second-order valence-corrected chi connectivity index (χ2v) is 8.88. The lowest BCUT2D eigenvalue weighted by atomic mass is 9.89. The molecule has 0 radical (unpaired) electrons. The second-order valence-electron chi connectivity index (χ2n) is 8.88. The number of H-pyrrole nitrogens is 1. The Labute approximate surface area is 176 Å². The number of hydrogen-bond acceptors (Lipinski definition) is 3. The molecular formula is C23H31FN4O2. The summed E-state index contributed by atoms with van der Waals surface area (Å²) in [5.74, 6) is -0.353. The molecule has 2 fully saturated rings. The first-order valence-corrected chi connectivity index (χ1v) is 10.9. The maximum absolute atomic E-state index is 14.1. The summed E-state index contributed by atoms with van der Waals surface area (Å²) in [6, 6.07) is 5.50. The zero-order valence-electron chi connectivity index (χ0n) is 18.0. The smallest absolute Gasteiger partial charge is 0.267 e. The van der Waals surface area contributed by atoms with Gasteiger partial charge in [0.05, 0.1) is 5.52 Å². The van der Waals surface area contributed by atoms with E-state index >= 15 is 0 Å². The van der Waals surface area contributed by atoms with Crippen molar-refractivity contribution in [3.8, 4) is 0 Å². The van der Waals surface area contributed by atoms with E-state index in [1.165, 1.54) is 6.07 Å². The zero-order valence-corrected chi connectivity index (χ0v) is 18.0. The number of halogens is 1. The summed E-state index contributed by atoms with van der Waals surface area (Å²) in [7, 11) is 0. The van der Waals surface area contributed by atoms with Gasteiger partial charge in [-0.15, -0.1) is 0 Å². The zero-order chi connectivity index (χ0) is 21.4. The van der Waals surface area contributed by atoms with Gasteiger partial charge in [-0.1, -0.05) is 6.07 Å². The van der Waals surface area contributed by atoms with Crippen molar-refractivity contribution in [3.63, 3.8) is 0 Å². The van der Waals surface area contributed by atoms with Gasteiger partial charge in [0.1, 0.15) is 11.5 Å². The fraction of sp³-hybridized carbons (Fsp3) is 0.565. The Morgan fingerprint density at radius 1 is 1.23 bits per heavy atom. The van der Waals surface area contributed by atoms with Gasteiger partial charge in [0.25, 0.3) is 5.91 Å². The normalized spacial score (nSPS) is 25.5. The van der Waals surface area contributed by atoms with Crippen molar-refractivity contribution in [3.05, 3.63) is 35.3 Å². The highest BCUT2D eigenvalue weighted by atomic mass is 19.1. The summed E-state index contributed by atoms with van der Waals surface area (Å²) < 4.78 is 14.1. The number of nitrogens with zero attached hydrogens (tertiary/aromatic N) is 2. The van der Waals surface area contributed by atoms with Crippen molar-refractivity contribution < 1.29 is 14.0 Å². The lowest BCUT2D eigenvalue weighted by Crippen LogP contribution is -2.57. The predicted octanol–water partition coefficient (Wildman–Crippen LogP) is 3.21. The first-order valence-electron chi connectivity index (χ1n) is 10.9. The fourth-order valence-corrected chi connectivity index (χ4v) is 5.12. The Hall–Kier alpha value is -2.41. The topological polar surface area (TPSA) is 68.4 Å². The van der Waals surface area contributed by atoms with Gasteiger partial charge in [-0.3, -0.25) is 14.5 Å². The Morgan fingerprint density at radius 3 is 2.73 bits per heavy atom. The minimum atomic E-state index is -0.317. The molecule has 6 nitrogen and oxygen atoms in total. The minimum Gasteiger partial charge on any atom is -0.350 e. The minimum absolute atomic E-state index is 0.106. The predicted molar refractivity (Wildman–Crippen MR) is 115 cm³/mol. The number of carbonyl (C=O) groups is 2. The van der Waals surface area contributed by atoms with Crippen LogP contribution in [0, 0.1) is 12.7 Å². The number of carbonyl (C=O) groups excluding carboxylic acids is 2. The Kier molecular flexibility index (Phi) is 5.82. The SMILES string of the molecule is CC(=O)N1CCN([C@@H]2CCC[C@@H](NC(=O)c3cc4c(F)ccc(C)c4[nH]3)C2)CC1C. The van der Waals surface area contributed by atoms with E-state index in [4.69, 9.17) is 0 Å². The van der Waals surface area contributed by atoms with Crippen molar-refractivity contribution in [2.24, 2.45) is 0 Å². The molecule has 3 atom stereocenters. The molecule has 1 aromatic heterocycles. The van der Waals surface area contributed by atoms with E-state index in [0.717, 1.165) is 50.9 Å². The van der Waals surface area contributed by atoms with Crippen LogP contribution >= 0.6 is 0 Å². The molecule has 1 unspecified atom stereocenters. The highest BCUT2D eigenvalue weighted by molar-refractivity contribution is 5.99. The molecule has 1 aliphatic carbocycles. The quantitative estimate of drug-likeness (QED) is 0.810. The number of benzene rings is 1. The van der Waals surface area contributed by atoms with Crippen molar-refractivity contribution in [1.29, 1.82) is 0 Å². The Morgan fingerprint density at radius 2 is 2.03 bits per heavy atom. The highest BCUT2D eigenvalue weighted by Gasteiger charge is 2.33. The summed E-state index contributed by atoms with van der Waals surface area (Å²) in [5.41, 5.74) is 2.00. The first kappa shape index (κ1) is 20.8. The van der Waals surface area contributed by atoms with Crippen molar-refractivity contribution in [2.45, 2.75) is 64.6 Å². The van der Waals surface area contributed by atoms with E-state index in [9.17, 15) is 14.0 Å². The van der Waals surface area contributed by atoms with Gasteiger partial charge >= 0.3 is 0 Å². The van der Waals surface area contributed by atoms with Gasteiger partial charge in [0.2, 0.25) is 5.91 Å². The van der Waals surface area contributed by atoms with Crippen LogP contribution in [0.5, 0.6) is 0 Å². The lowest BCUT2D eigenvalue weighted by Gasteiger charge is -2.45. The molecule has 1 saturated heterocycles. The van der Waals surface area contributed by atoms with Crippen LogP contribution in [-0.4, -0.2) is 64.4 Å². The second kappa shape index (κ2) is 8.38. The molecule has 2 amide bonds. The van der Waals surface area contributed by atoms with Crippen LogP contribution in [0.1, 0.15) is 55.6 Å². The van der Waals surface area contributed by atoms with Gasteiger partial charge in [-0.05, 0) is 57.2 Å². The van der Waals surface area contributed by atoms with Gasteiger partial charge in [-0.2, -0.15) is 0 Å². The molecule has 0 spiro atoms. The maximum atomic E-state index is 14.1. The Bertz CT molecular complexity index is 917. The number of hydrogen-bond donors (Lipinski definition) is 2. The van der Waals surface area contributed by atoms with E-state index in [2.05, 4.69) is 22.1 Å². The summed E-state index contributed by atoms with van der Waals surface area (Å²) in [6.07, 6.45) is 4.05. The van der Waals surface area contributed by atoms with Gasteiger partial charge in [0, 0.05) is 50.1 Å². The van der Waals surface area contributed by atoms with Crippen LogP contribution in [0.3, 0.4) is 0 Å².